The van der Waals surface area contributed by atoms with Crippen LogP contribution in [-0.2, 0) is 0 Å². The van der Waals surface area contributed by atoms with Gasteiger partial charge in [0.1, 0.15) is 17.5 Å². The molecule has 0 radical (unpaired) electrons. The number of rotatable bonds is 5. The molecule has 0 bridgehead atoms. The highest BCUT2D eigenvalue weighted by atomic mass is 19.3. The number of hydrogen-bond acceptors (Lipinski definition) is 2. The summed E-state index contributed by atoms with van der Waals surface area (Å²) in [7, 11) is 3.67. The van der Waals surface area contributed by atoms with Gasteiger partial charge >= 0.3 is 0 Å². The fourth-order valence-electron chi connectivity index (χ4n) is 1.73. The highest BCUT2D eigenvalue weighted by Crippen LogP contribution is 2.27. The molecule has 1 atom stereocenters. The van der Waals surface area contributed by atoms with Crippen molar-refractivity contribution in [1.29, 1.82) is 0 Å². The molecule has 21 heavy (non-hydrogen) atoms. The second-order valence-electron chi connectivity index (χ2n) is 4.92. The Kier molecular flexibility index (Phi) is 5.81. The highest BCUT2D eigenvalue weighted by molar-refractivity contribution is 5.80. The van der Waals surface area contributed by atoms with Gasteiger partial charge < -0.3 is 10.2 Å². The quantitative estimate of drug-likeness (QED) is 0.660. The molecule has 116 valence electrons. The van der Waals surface area contributed by atoms with Gasteiger partial charge in [0.05, 0.1) is 11.6 Å². The lowest BCUT2D eigenvalue weighted by atomic mass is 10.0. The zero-order valence-electron chi connectivity index (χ0n) is 12.6. The Morgan fingerprint density at radius 3 is 2.38 bits per heavy atom. The second kappa shape index (κ2) is 7.15. The first kappa shape index (κ1) is 17.1. The van der Waals surface area contributed by atoms with Crippen molar-refractivity contribution < 1.29 is 13.2 Å². The lowest BCUT2D eigenvalue weighted by Gasteiger charge is -2.18. The molecular weight excluding hydrogens is 279 g/mol. The normalized spacial score (nSPS) is 13.2. The van der Waals surface area contributed by atoms with E-state index in [2.05, 4.69) is 16.9 Å². The second-order valence-corrected chi connectivity index (χ2v) is 4.92. The number of nitrogens with one attached hydrogen (secondary N) is 1. The van der Waals surface area contributed by atoms with E-state index in [4.69, 9.17) is 0 Å². The Labute approximate surface area is 123 Å². The van der Waals surface area contributed by atoms with Gasteiger partial charge in [0, 0.05) is 19.7 Å². The Balaban J connectivity index is 2.90. The lowest BCUT2D eigenvalue weighted by molar-refractivity contribution is 0.146. The maximum Gasteiger partial charge on any atom is 0.266 e. The molecule has 0 aliphatic carbocycles. The molecule has 0 aromatic heterocycles. The minimum absolute atomic E-state index is 0.159. The number of halogens is 3. The molecule has 0 spiro atoms. The van der Waals surface area contributed by atoms with Gasteiger partial charge in [0.2, 0.25) is 0 Å². The van der Waals surface area contributed by atoms with Crippen LogP contribution in [0.2, 0.25) is 0 Å². The number of aliphatic imine (C=N–C) groups is 1. The molecule has 0 fully saturated rings. The summed E-state index contributed by atoms with van der Waals surface area (Å²) in [6.45, 7) is 7.20. The van der Waals surface area contributed by atoms with Crippen molar-refractivity contribution in [2.45, 2.75) is 26.3 Å². The fraction of sp³-hybridized carbons (Fsp3) is 0.400. The van der Waals surface area contributed by atoms with Gasteiger partial charge in [-0.1, -0.05) is 24.8 Å². The largest absolute Gasteiger partial charge is 0.366 e. The molecule has 0 heterocycles. The summed E-state index contributed by atoms with van der Waals surface area (Å²) in [6.07, 6.45) is -2.84. The van der Waals surface area contributed by atoms with Gasteiger partial charge in [-0.2, -0.15) is 0 Å². The van der Waals surface area contributed by atoms with Gasteiger partial charge in [-0.05, 0) is 13.8 Å². The van der Waals surface area contributed by atoms with Crippen molar-refractivity contribution in [3.05, 3.63) is 47.5 Å². The van der Waals surface area contributed by atoms with Crippen LogP contribution in [0, 0.1) is 5.82 Å². The van der Waals surface area contributed by atoms with Crippen LogP contribution in [0.1, 0.15) is 37.4 Å². The summed E-state index contributed by atoms with van der Waals surface area (Å²) in [5.41, 5.74) is -0.439. The van der Waals surface area contributed by atoms with Gasteiger partial charge in [-0.25, -0.2) is 18.2 Å². The van der Waals surface area contributed by atoms with Crippen molar-refractivity contribution in [3.63, 3.8) is 0 Å². The van der Waals surface area contributed by atoms with E-state index in [1.165, 1.54) is 12.1 Å². The van der Waals surface area contributed by atoms with Crippen molar-refractivity contribution in [1.82, 2.24) is 10.2 Å². The third kappa shape index (κ3) is 4.51. The Morgan fingerprint density at radius 2 is 1.86 bits per heavy atom. The van der Waals surface area contributed by atoms with Gasteiger partial charge in [-0.3, -0.25) is 0 Å². The van der Waals surface area contributed by atoms with Crippen molar-refractivity contribution in [3.8, 4) is 0 Å². The molecule has 1 N–H and O–H groups in total. The number of nitrogens with zero attached hydrogens (tertiary/aromatic N) is 2. The molecule has 0 aliphatic rings. The topological polar surface area (TPSA) is 27.6 Å². The molecule has 6 heteroatoms. The Bertz CT molecular complexity index is 539. The van der Waals surface area contributed by atoms with E-state index in [-0.39, 0.29) is 5.56 Å². The van der Waals surface area contributed by atoms with Crippen LogP contribution in [0.3, 0.4) is 0 Å². The molecule has 3 nitrogen and oxygen atoms in total. The predicted molar refractivity (Wildman–Crippen MR) is 78.8 cm³/mol. The smallest absolute Gasteiger partial charge is 0.266 e. The minimum Gasteiger partial charge on any atom is -0.366 e. The molecule has 0 saturated carbocycles. The van der Waals surface area contributed by atoms with Crippen molar-refractivity contribution in [2.75, 3.05) is 14.1 Å². The average Bonchev–Trinajstić information content (AvgIpc) is 2.37. The Morgan fingerprint density at radius 1 is 1.29 bits per heavy atom. The fourth-order valence-corrected chi connectivity index (χ4v) is 1.73. The molecule has 1 aromatic rings. The standard InChI is InChI=1S/C15H20F3N3/c1-9(19-10(2)20-11(3)21(4)5)12-7-6-8-13(14(12)16)15(17)18/h6-9,15,19H,2H2,1,3-5H3/b20-11-/t9-/m1/s1. The third-order valence-electron chi connectivity index (χ3n) is 3.09. The van der Waals surface area contributed by atoms with Crippen molar-refractivity contribution >= 4 is 5.84 Å². The Hall–Kier alpha value is -1.98. The van der Waals surface area contributed by atoms with E-state index in [1.54, 1.807) is 18.7 Å². The monoisotopic (exact) mass is 299 g/mol. The summed E-state index contributed by atoms with van der Waals surface area (Å²) < 4.78 is 39.4. The van der Waals surface area contributed by atoms with E-state index >= 15 is 0 Å². The van der Waals surface area contributed by atoms with Crippen LogP contribution < -0.4 is 5.32 Å². The number of amidine groups is 1. The summed E-state index contributed by atoms with van der Waals surface area (Å²) in [6, 6.07) is 3.44. The van der Waals surface area contributed by atoms with E-state index in [0.29, 0.717) is 5.82 Å². The number of benzene rings is 1. The van der Waals surface area contributed by atoms with Crippen LogP contribution in [0.5, 0.6) is 0 Å². The molecule has 0 unspecified atom stereocenters. The average molecular weight is 299 g/mol. The highest BCUT2D eigenvalue weighted by Gasteiger charge is 2.19. The summed E-state index contributed by atoms with van der Waals surface area (Å²) in [4.78, 5) is 6.00. The third-order valence-corrected chi connectivity index (χ3v) is 3.09. The predicted octanol–water partition coefficient (Wildman–Crippen LogP) is 3.87. The molecular formula is C15H20F3N3. The van der Waals surface area contributed by atoms with E-state index in [1.807, 2.05) is 14.1 Å². The van der Waals surface area contributed by atoms with Crippen LogP contribution in [0.15, 0.2) is 35.6 Å². The van der Waals surface area contributed by atoms with Crippen LogP contribution >= 0.6 is 0 Å². The maximum atomic E-state index is 14.0. The number of alkyl halides is 2. The first-order valence-electron chi connectivity index (χ1n) is 6.48. The summed E-state index contributed by atoms with van der Waals surface area (Å²) in [5, 5.41) is 2.90. The minimum atomic E-state index is -2.84. The summed E-state index contributed by atoms with van der Waals surface area (Å²) in [5.74, 6) is 0.172. The first-order chi connectivity index (χ1) is 9.73. The zero-order chi connectivity index (χ0) is 16.2. The SMILES string of the molecule is C=C(/N=C(/C)N(C)C)N[C@H](C)c1cccc(C(F)F)c1F. The zero-order valence-corrected chi connectivity index (χ0v) is 12.6. The van der Waals surface area contributed by atoms with Crippen LogP contribution in [0.4, 0.5) is 13.2 Å². The van der Waals surface area contributed by atoms with Crippen LogP contribution in [0.25, 0.3) is 0 Å². The van der Waals surface area contributed by atoms with Crippen molar-refractivity contribution in [2.24, 2.45) is 4.99 Å². The van der Waals surface area contributed by atoms with E-state index < -0.39 is 23.8 Å². The number of hydrogen-bond donors (Lipinski definition) is 1. The first-order valence-corrected chi connectivity index (χ1v) is 6.48. The van der Waals surface area contributed by atoms with Gasteiger partial charge in [0.25, 0.3) is 6.43 Å². The lowest BCUT2D eigenvalue weighted by Crippen LogP contribution is -2.22. The van der Waals surface area contributed by atoms with E-state index in [9.17, 15) is 13.2 Å². The molecule has 0 saturated heterocycles. The van der Waals surface area contributed by atoms with Crippen LogP contribution in [-0.4, -0.2) is 24.8 Å². The summed E-state index contributed by atoms with van der Waals surface area (Å²) >= 11 is 0. The molecule has 0 amide bonds. The molecule has 0 aliphatic heterocycles. The molecule has 1 aromatic carbocycles. The van der Waals surface area contributed by atoms with Gasteiger partial charge in [0.15, 0.2) is 0 Å². The van der Waals surface area contributed by atoms with E-state index in [0.717, 1.165) is 11.9 Å². The maximum absolute atomic E-state index is 14.0. The van der Waals surface area contributed by atoms with Gasteiger partial charge in [-0.15, -0.1) is 0 Å². The molecule has 1 rings (SSSR count).